The number of pyridine rings is 3. The normalized spacial score (nSPS) is 13.4. The Morgan fingerprint density at radius 3 is 2.18 bits per heavy atom. The molecule has 5 nitrogen and oxygen atoms in total. The van der Waals surface area contributed by atoms with Gasteiger partial charge in [-0.25, -0.2) is 4.98 Å². The van der Waals surface area contributed by atoms with Crippen molar-refractivity contribution < 1.29 is 4.57 Å². The van der Waals surface area contributed by atoms with E-state index >= 15 is 4.57 Å². The summed E-state index contributed by atoms with van der Waals surface area (Å²) >= 11 is 0. The number of nitrogens with zero attached hydrogens (tertiary/aromatic N) is 4. The van der Waals surface area contributed by atoms with E-state index in [0.717, 1.165) is 59.8 Å². The maximum absolute atomic E-state index is 15.4. The van der Waals surface area contributed by atoms with E-state index in [4.69, 9.17) is 4.98 Å². The lowest BCUT2D eigenvalue weighted by molar-refractivity contribution is 0.592. The number of hydrogen-bond acceptors (Lipinski definition) is 4. The van der Waals surface area contributed by atoms with Gasteiger partial charge in [0.25, 0.3) is 0 Å². The molecule has 4 aromatic heterocycles. The monoisotopic (exact) mass is 520 g/mol. The van der Waals surface area contributed by atoms with Crippen LogP contribution in [0, 0.1) is 0 Å². The van der Waals surface area contributed by atoms with Gasteiger partial charge in [-0.2, -0.15) is 0 Å². The summed E-state index contributed by atoms with van der Waals surface area (Å²) in [5.74, 6) is 0. The fourth-order valence-corrected chi connectivity index (χ4v) is 8.37. The molecule has 184 valence electrons. The molecule has 6 heteroatoms. The van der Waals surface area contributed by atoms with E-state index in [1.165, 1.54) is 5.39 Å². The third kappa shape index (κ3) is 3.20. The first-order valence-electron chi connectivity index (χ1n) is 12.8. The SMILES string of the molecule is O=P(c1ccncc1)(c1ccc2cccnc2c1)c1ccc2nc3c4ccccc4c4ccccc4n3c2c1. The third-order valence-corrected chi connectivity index (χ3v) is 10.6. The van der Waals surface area contributed by atoms with E-state index in [2.05, 4.69) is 62.9 Å². The highest BCUT2D eigenvalue weighted by molar-refractivity contribution is 7.85. The Labute approximate surface area is 223 Å². The average molecular weight is 521 g/mol. The number of aromatic nitrogens is 4. The topological polar surface area (TPSA) is 60.2 Å². The van der Waals surface area contributed by atoms with Crippen molar-refractivity contribution in [3.8, 4) is 0 Å². The molecule has 0 fully saturated rings. The Hall–Kier alpha value is -4.86. The van der Waals surface area contributed by atoms with E-state index in [1.807, 2.05) is 60.7 Å². The van der Waals surface area contributed by atoms with Gasteiger partial charge in [-0.3, -0.25) is 14.4 Å². The summed E-state index contributed by atoms with van der Waals surface area (Å²) in [5.41, 5.74) is 4.57. The van der Waals surface area contributed by atoms with Gasteiger partial charge >= 0.3 is 0 Å². The zero-order valence-electron chi connectivity index (χ0n) is 20.8. The van der Waals surface area contributed by atoms with Gasteiger partial charge in [0.2, 0.25) is 0 Å². The van der Waals surface area contributed by atoms with Gasteiger partial charge < -0.3 is 4.57 Å². The molecule has 0 N–H and O–H groups in total. The Morgan fingerprint density at radius 1 is 0.564 bits per heavy atom. The first kappa shape index (κ1) is 22.2. The van der Waals surface area contributed by atoms with Crippen molar-refractivity contribution in [3.05, 3.63) is 128 Å². The molecule has 0 saturated carbocycles. The average Bonchev–Trinajstić information content (AvgIpc) is 3.40. The Bertz CT molecular complexity index is 2270. The van der Waals surface area contributed by atoms with Crippen LogP contribution in [-0.2, 0) is 4.57 Å². The van der Waals surface area contributed by atoms with Crippen molar-refractivity contribution in [1.29, 1.82) is 0 Å². The summed E-state index contributed by atoms with van der Waals surface area (Å²) in [7, 11) is -3.27. The van der Waals surface area contributed by atoms with Gasteiger partial charge in [-0.05, 0) is 53.9 Å². The zero-order valence-corrected chi connectivity index (χ0v) is 21.7. The van der Waals surface area contributed by atoms with E-state index in [1.54, 1.807) is 18.6 Å². The third-order valence-electron chi connectivity index (χ3n) is 7.58. The van der Waals surface area contributed by atoms with Crippen LogP contribution in [0.5, 0.6) is 0 Å². The van der Waals surface area contributed by atoms with Gasteiger partial charge in [0, 0.05) is 50.7 Å². The summed E-state index contributed by atoms with van der Waals surface area (Å²) in [4.78, 5) is 13.8. The van der Waals surface area contributed by atoms with E-state index in [-0.39, 0.29) is 0 Å². The Morgan fingerprint density at radius 2 is 1.31 bits per heavy atom. The minimum Gasteiger partial charge on any atom is -0.309 e. The van der Waals surface area contributed by atoms with Gasteiger partial charge in [0.05, 0.1) is 22.1 Å². The van der Waals surface area contributed by atoms with Crippen LogP contribution in [0.15, 0.2) is 128 Å². The van der Waals surface area contributed by atoms with Crippen LogP contribution < -0.4 is 15.9 Å². The molecule has 0 bridgehead atoms. The molecule has 0 amide bonds. The second kappa shape index (κ2) is 8.32. The van der Waals surface area contributed by atoms with Crippen molar-refractivity contribution >= 4 is 72.3 Å². The minimum absolute atomic E-state index is 0.733. The Kier molecular flexibility index (Phi) is 4.73. The number of benzene rings is 4. The van der Waals surface area contributed by atoms with Gasteiger partial charge in [-0.15, -0.1) is 0 Å². The molecule has 4 heterocycles. The predicted molar refractivity (Wildman–Crippen MR) is 160 cm³/mol. The van der Waals surface area contributed by atoms with Crippen molar-refractivity contribution in [2.45, 2.75) is 0 Å². The summed E-state index contributed by atoms with van der Waals surface area (Å²) in [5, 5.41) is 6.64. The van der Waals surface area contributed by atoms with Gasteiger partial charge in [0.15, 0.2) is 7.14 Å². The largest absolute Gasteiger partial charge is 0.309 e. The number of hydrogen-bond donors (Lipinski definition) is 0. The molecule has 8 aromatic rings. The maximum Gasteiger partial charge on any atom is 0.171 e. The zero-order chi connectivity index (χ0) is 26.0. The highest BCUT2D eigenvalue weighted by Gasteiger charge is 2.31. The Balaban J connectivity index is 1.48. The fraction of sp³-hybridized carbons (Fsp3) is 0. The minimum atomic E-state index is -3.27. The molecule has 8 rings (SSSR count). The molecule has 0 aliphatic carbocycles. The first-order valence-corrected chi connectivity index (χ1v) is 14.5. The lowest BCUT2D eigenvalue weighted by Gasteiger charge is -2.20. The summed E-state index contributed by atoms with van der Waals surface area (Å²) < 4.78 is 17.6. The van der Waals surface area contributed by atoms with Crippen LogP contribution in [0.1, 0.15) is 0 Å². The molecule has 0 radical (unpaired) electrons. The molecule has 39 heavy (non-hydrogen) atoms. The molecule has 0 aliphatic heterocycles. The van der Waals surface area contributed by atoms with E-state index in [9.17, 15) is 0 Å². The lowest BCUT2D eigenvalue weighted by atomic mass is 10.1. The van der Waals surface area contributed by atoms with Crippen molar-refractivity contribution in [2.24, 2.45) is 0 Å². The van der Waals surface area contributed by atoms with E-state index in [0.29, 0.717) is 0 Å². The summed E-state index contributed by atoms with van der Waals surface area (Å²) in [6, 6.07) is 36.3. The highest BCUT2D eigenvalue weighted by Crippen LogP contribution is 2.43. The molecule has 0 spiro atoms. The van der Waals surface area contributed by atoms with Crippen LogP contribution in [0.2, 0.25) is 0 Å². The maximum atomic E-state index is 15.4. The first-order chi connectivity index (χ1) is 19.2. The summed E-state index contributed by atoms with van der Waals surface area (Å²) in [6.07, 6.45) is 5.17. The highest BCUT2D eigenvalue weighted by atomic mass is 31.2. The van der Waals surface area contributed by atoms with Crippen LogP contribution in [0.3, 0.4) is 0 Å². The van der Waals surface area contributed by atoms with Gasteiger partial charge in [-0.1, -0.05) is 60.7 Å². The van der Waals surface area contributed by atoms with E-state index < -0.39 is 7.14 Å². The van der Waals surface area contributed by atoms with Crippen molar-refractivity contribution in [2.75, 3.05) is 0 Å². The second-order valence-electron chi connectivity index (χ2n) is 9.70. The number of imidazole rings is 1. The summed E-state index contributed by atoms with van der Waals surface area (Å²) in [6.45, 7) is 0. The van der Waals surface area contributed by atoms with Gasteiger partial charge in [0.1, 0.15) is 5.65 Å². The molecular weight excluding hydrogens is 499 g/mol. The van der Waals surface area contributed by atoms with Crippen molar-refractivity contribution in [1.82, 2.24) is 19.4 Å². The van der Waals surface area contributed by atoms with Crippen LogP contribution in [0.25, 0.3) is 49.3 Å². The quantitative estimate of drug-likeness (QED) is 0.201. The van der Waals surface area contributed by atoms with Crippen LogP contribution in [0.4, 0.5) is 0 Å². The predicted octanol–water partition coefficient (Wildman–Crippen LogP) is 6.38. The molecule has 1 unspecified atom stereocenters. The van der Waals surface area contributed by atoms with Crippen LogP contribution in [-0.4, -0.2) is 19.4 Å². The molecule has 1 atom stereocenters. The molecule has 4 aromatic carbocycles. The number of fused-ring (bicyclic) bond motifs is 9. The van der Waals surface area contributed by atoms with Crippen molar-refractivity contribution in [3.63, 3.8) is 0 Å². The fourth-order valence-electron chi connectivity index (χ4n) is 5.75. The molecule has 0 saturated heterocycles. The molecule has 0 aliphatic rings. The standard InChI is InChI=1S/C33H21N4OP/c38-39(23-15-18-34-19-16-23,24-12-11-22-6-5-17-35-30(22)20-24)25-13-14-29-32(21-25)37-31-10-4-3-8-27(31)26-7-1-2-9-28(26)33(37)36-29/h1-21H. The number of para-hydroxylation sites is 1. The second-order valence-corrected chi connectivity index (χ2v) is 12.5. The number of rotatable bonds is 3. The molecular formula is C33H21N4OP. The smallest absolute Gasteiger partial charge is 0.171 e. The van der Waals surface area contributed by atoms with Crippen LogP contribution >= 0.6 is 7.14 Å². The lowest BCUT2D eigenvalue weighted by Crippen LogP contribution is -2.25.